The van der Waals surface area contributed by atoms with Crippen LogP contribution < -0.4 is 10.1 Å². The Hall–Kier alpha value is -1.29. The minimum Gasteiger partial charge on any atom is -0.480 e. The third kappa shape index (κ3) is 4.61. The van der Waals surface area contributed by atoms with Crippen molar-refractivity contribution in [2.75, 3.05) is 19.5 Å². The fourth-order valence-electron chi connectivity index (χ4n) is 1.42. The number of methoxy groups -OCH3 is 1. The molecular weight excluding hydrogens is 240 g/mol. The molecule has 1 aromatic rings. The minimum atomic E-state index is -0.152. The number of pyridine rings is 1. The molecule has 5 heteroatoms. The van der Waals surface area contributed by atoms with E-state index in [0.29, 0.717) is 23.9 Å². The molecular formula is C12H17ClN2O2. The number of halogens is 1. The molecule has 4 nitrogen and oxygen atoms in total. The summed E-state index contributed by atoms with van der Waals surface area (Å²) in [6.45, 7) is 0.647. The lowest BCUT2D eigenvalue weighted by Crippen LogP contribution is -2.25. The zero-order valence-corrected chi connectivity index (χ0v) is 10.7. The maximum Gasteiger partial charge on any atom is 0.256 e. The van der Waals surface area contributed by atoms with E-state index in [9.17, 15) is 4.79 Å². The summed E-state index contributed by atoms with van der Waals surface area (Å²) in [5, 5.41) is 2.83. The molecule has 1 amide bonds. The highest BCUT2D eigenvalue weighted by molar-refractivity contribution is 6.17. The van der Waals surface area contributed by atoms with Crippen molar-refractivity contribution >= 4 is 17.5 Å². The molecule has 0 saturated heterocycles. The summed E-state index contributed by atoms with van der Waals surface area (Å²) >= 11 is 5.57. The van der Waals surface area contributed by atoms with Gasteiger partial charge in [0.15, 0.2) is 0 Å². The monoisotopic (exact) mass is 256 g/mol. The molecule has 1 heterocycles. The first-order chi connectivity index (χ1) is 8.29. The fourth-order valence-corrected chi connectivity index (χ4v) is 1.61. The maximum absolute atomic E-state index is 11.8. The molecule has 1 aromatic heterocycles. The standard InChI is InChI=1S/C12H17ClN2O2/c1-17-12-10(6-5-9-15-12)11(16)14-8-4-2-3-7-13/h5-6,9H,2-4,7-8H2,1H3,(H,14,16). The average Bonchev–Trinajstić information content (AvgIpc) is 2.38. The molecule has 0 aliphatic heterocycles. The summed E-state index contributed by atoms with van der Waals surface area (Å²) in [7, 11) is 1.50. The van der Waals surface area contributed by atoms with Gasteiger partial charge in [0.1, 0.15) is 5.56 Å². The van der Waals surface area contributed by atoms with Crippen LogP contribution in [-0.2, 0) is 0 Å². The Morgan fingerprint density at radius 2 is 2.29 bits per heavy atom. The first kappa shape index (κ1) is 13.8. The van der Waals surface area contributed by atoms with Crippen LogP contribution in [0.5, 0.6) is 5.88 Å². The Kier molecular flexibility index (Phi) is 6.40. The number of hydrogen-bond acceptors (Lipinski definition) is 3. The van der Waals surface area contributed by atoms with Crippen LogP contribution in [0.4, 0.5) is 0 Å². The summed E-state index contributed by atoms with van der Waals surface area (Å²) in [5.41, 5.74) is 0.465. The quantitative estimate of drug-likeness (QED) is 0.601. The third-order valence-electron chi connectivity index (χ3n) is 2.31. The van der Waals surface area contributed by atoms with Crippen molar-refractivity contribution in [2.24, 2.45) is 0 Å². The van der Waals surface area contributed by atoms with E-state index in [1.165, 1.54) is 7.11 Å². The van der Waals surface area contributed by atoms with E-state index in [1.807, 2.05) is 0 Å². The summed E-state index contributed by atoms with van der Waals surface area (Å²) in [6.07, 6.45) is 4.53. The van der Waals surface area contributed by atoms with Crippen LogP contribution in [0, 0.1) is 0 Å². The molecule has 0 unspecified atom stereocenters. The van der Waals surface area contributed by atoms with Crippen LogP contribution in [0.15, 0.2) is 18.3 Å². The Morgan fingerprint density at radius 1 is 1.47 bits per heavy atom. The van der Waals surface area contributed by atoms with E-state index in [0.717, 1.165) is 19.3 Å². The zero-order chi connectivity index (χ0) is 12.5. The molecule has 0 saturated carbocycles. The minimum absolute atomic E-state index is 0.152. The SMILES string of the molecule is COc1ncccc1C(=O)NCCCCCCl. The number of carbonyl (C=O) groups excluding carboxylic acids is 1. The number of carbonyl (C=O) groups is 1. The van der Waals surface area contributed by atoms with Gasteiger partial charge < -0.3 is 10.1 Å². The van der Waals surface area contributed by atoms with Gasteiger partial charge >= 0.3 is 0 Å². The van der Waals surface area contributed by atoms with Crippen LogP contribution in [0.1, 0.15) is 29.6 Å². The number of alkyl halides is 1. The summed E-state index contributed by atoms with van der Waals surface area (Å²) < 4.78 is 5.02. The van der Waals surface area contributed by atoms with Gasteiger partial charge in [-0.05, 0) is 25.0 Å². The highest BCUT2D eigenvalue weighted by Crippen LogP contribution is 2.12. The second kappa shape index (κ2) is 7.90. The maximum atomic E-state index is 11.8. The molecule has 1 rings (SSSR count). The molecule has 0 aliphatic carbocycles. The molecule has 0 aliphatic rings. The van der Waals surface area contributed by atoms with Crippen molar-refractivity contribution in [3.63, 3.8) is 0 Å². The fraction of sp³-hybridized carbons (Fsp3) is 0.500. The van der Waals surface area contributed by atoms with Gasteiger partial charge in [-0.3, -0.25) is 4.79 Å². The number of amides is 1. The van der Waals surface area contributed by atoms with Gasteiger partial charge in [-0.15, -0.1) is 11.6 Å². The molecule has 0 radical (unpaired) electrons. The van der Waals surface area contributed by atoms with E-state index in [4.69, 9.17) is 16.3 Å². The Balaban J connectivity index is 2.41. The summed E-state index contributed by atoms with van der Waals surface area (Å²) in [4.78, 5) is 15.8. The lowest BCUT2D eigenvalue weighted by Gasteiger charge is -2.07. The van der Waals surface area contributed by atoms with E-state index in [-0.39, 0.29) is 5.91 Å². The summed E-state index contributed by atoms with van der Waals surface area (Å²) in [6, 6.07) is 3.41. The Bertz CT molecular complexity index is 358. The van der Waals surface area contributed by atoms with Crippen LogP contribution in [-0.4, -0.2) is 30.4 Å². The molecule has 0 fully saturated rings. The van der Waals surface area contributed by atoms with Gasteiger partial charge in [-0.1, -0.05) is 6.42 Å². The molecule has 1 N–H and O–H groups in total. The predicted molar refractivity (Wildman–Crippen MR) is 67.7 cm³/mol. The average molecular weight is 257 g/mol. The highest BCUT2D eigenvalue weighted by Gasteiger charge is 2.11. The zero-order valence-electron chi connectivity index (χ0n) is 9.91. The van der Waals surface area contributed by atoms with Gasteiger partial charge in [-0.25, -0.2) is 4.98 Å². The van der Waals surface area contributed by atoms with Gasteiger partial charge in [0, 0.05) is 18.6 Å². The predicted octanol–water partition coefficient (Wildman–Crippen LogP) is 2.23. The van der Waals surface area contributed by atoms with Crippen molar-refractivity contribution in [2.45, 2.75) is 19.3 Å². The van der Waals surface area contributed by atoms with Crippen LogP contribution in [0.25, 0.3) is 0 Å². The molecule has 0 atom stereocenters. The summed E-state index contributed by atoms with van der Waals surface area (Å²) in [5.74, 6) is 0.872. The first-order valence-corrected chi connectivity index (χ1v) is 6.16. The number of aromatic nitrogens is 1. The van der Waals surface area contributed by atoms with Crippen molar-refractivity contribution in [1.29, 1.82) is 0 Å². The van der Waals surface area contributed by atoms with Gasteiger partial charge in [0.05, 0.1) is 7.11 Å². The van der Waals surface area contributed by atoms with Crippen molar-refractivity contribution < 1.29 is 9.53 Å². The van der Waals surface area contributed by atoms with Crippen LogP contribution in [0.2, 0.25) is 0 Å². The number of rotatable bonds is 7. The van der Waals surface area contributed by atoms with Crippen molar-refractivity contribution in [3.8, 4) is 5.88 Å². The lowest BCUT2D eigenvalue weighted by molar-refractivity contribution is 0.0949. The van der Waals surface area contributed by atoms with Crippen LogP contribution in [0.3, 0.4) is 0 Å². The molecule has 0 spiro atoms. The van der Waals surface area contributed by atoms with Crippen LogP contribution >= 0.6 is 11.6 Å². The highest BCUT2D eigenvalue weighted by atomic mass is 35.5. The van der Waals surface area contributed by atoms with E-state index >= 15 is 0 Å². The number of hydrogen-bond donors (Lipinski definition) is 1. The molecule has 0 bridgehead atoms. The molecule has 17 heavy (non-hydrogen) atoms. The van der Waals surface area contributed by atoms with E-state index in [1.54, 1.807) is 18.3 Å². The third-order valence-corrected chi connectivity index (χ3v) is 2.57. The topological polar surface area (TPSA) is 51.2 Å². The van der Waals surface area contributed by atoms with Gasteiger partial charge in [0.25, 0.3) is 5.91 Å². The normalized spacial score (nSPS) is 10.0. The molecule has 94 valence electrons. The smallest absolute Gasteiger partial charge is 0.256 e. The number of unbranched alkanes of at least 4 members (excludes halogenated alkanes) is 2. The van der Waals surface area contributed by atoms with Gasteiger partial charge in [0.2, 0.25) is 5.88 Å². The molecule has 0 aromatic carbocycles. The second-order valence-electron chi connectivity index (χ2n) is 3.57. The largest absolute Gasteiger partial charge is 0.480 e. The Labute approximate surface area is 106 Å². The van der Waals surface area contributed by atoms with Crippen molar-refractivity contribution in [1.82, 2.24) is 10.3 Å². The number of nitrogens with one attached hydrogen (secondary N) is 1. The lowest BCUT2D eigenvalue weighted by atomic mass is 10.2. The van der Waals surface area contributed by atoms with E-state index in [2.05, 4.69) is 10.3 Å². The Morgan fingerprint density at radius 3 is 3.00 bits per heavy atom. The van der Waals surface area contributed by atoms with E-state index < -0.39 is 0 Å². The first-order valence-electron chi connectivity index (χ1n) is 5.62. The number of nitrogens with zero attached hydrogens (tertiary/aromatic N) is 1. The van der Waals surface area contributed by atoms with Gasteiger partial charge in [-0.2, -0.15) is 0 Å². The second-order valence-corrected chi connectivity index (χ2v) is 3.94. The number of ether oxygens (including phenoxy) is 1. The van der Waals surface area contributed by atoms with Crippen molar-refractivity contribution in [3.05, 3.63) is 23.9 Å².